The third-order valence-corrected chi connectivity index (χ3v) is 3.93. The predicted octanol–water partition coefficient (Wildman–Crippen LogP) is 1.33. The smallest absolute Gasteiger partial charge is 0.254 e. The molecule has 3 heterocycles. The van der Waals surface area contributed by atoms with Gasteiger partial charge in [-0.3, -0.25) is 9.78 Å². The highest BCUT2D eigenvalue weighted by atomic mass is 16.2. The number of hydrogen-bond donors (Lipinski definition) is 1. The molecule has 0 unspecified atom stereocenters. The Morgan fingerprint density at radius 2 is 1.77 bits per heavy atom. The van der Waals surface area contributed by atoms with E-state index in [2.05, 4.69) is 14.9 Å². The Kier molecular flexibility index (Phi) is 3.91. The normalized spacial score (nSPS) is 15.0. The first-order chi connectivity index (χ1) is 10.6. The molecule has 0 aliphatic carbocycles. The topological polar surface area (TPSA) is 75.4 Å². The van der Waals surface area contributed by atoms with Crippen molar-refractivity contribution < 1.29 is 4.79 Å². The fourth-order valence-corrected chi connectivity index (χ4v) is 2.55. The molecule has 0 bridgehead atoms. The van der Waals surface area contributed by atoms with Gasteiger partial charge in [-0.1, -0.05) is 0 Å². The molecule has 114 valence electrons. The standard InChI is InChI=1S/C16H19N5O/c1-12-14(17)2-3-15(19-12)20-8-10-21(11-9-20)16(22)13-4-6-18-7-5-13/h2-7H,8-11,17H2,1H3. The van der Waals surface area contributed by atoms with Crippen molar-refractivity contribution in [2.75, 3.05) is 36.8 Å². The monoisotopic (exact) mass is 297 g/mol. The van der Waals surface area contributed by atoms with E-state index in [-0.39, 0.29) is 5.91 Å². The third-order valence-electron chi connectivity index (χ3n) is 3.93. The lowest BCUT2D eigenvalue weighted by atomic mass is 10.2. The van der Waals surface area contributed by atoms with Gasteiger partial charge in [0.15, 0.2) is 0 Å². The number of carbonyl (C=O) groups is 1. The number of amides is 1. The van der Waals surface area contributed by atoms with E-state index < -0.39 is 0 Å². The Morgan fingerprint density at radius 3 is 2.41 bits per heavy atom. The summed E-state index contributed by atoms with van der Waals surface area (Å²) >= 11 is 0. The zero-order valence-corrected chi connectivity index (χ0v) is 12.6. The number of pyridine rings is 2. The summed E-state index contributed by atoms with van der Waals surface area (Å²) in [5.74, 6) is 0.978. The Bertz CT molecular complexity index is 665. The predicted molar refractivity (Wildman–Crippen MR) is 85.7 cm³/mol. The summed E-state index contributed by atoms with van der Waals surface area (Å²) < 4.78 is 0. The first kappa shape index (κ1) is 14.3. The van der Waals surface area contributed by atoms with Gasteiger partial charge >= 0.3 is 0 Å². The van der Waals surface area contributed by atoms with Crippen molar-refractivity contribution in [2.24, 2.45) is 0 Å². The minimum absolute atomic E-state index is 0.0588. The SMILES string of the molecule is Cc1nc(N2CCN(C(=O)c3ccncc3)CC2)ccc1N. The van der Waals surface area contributed by atoms with Crippen molar-refractivity contribution >= 4 is 17.4 Å². The molecule has 1 aliphatic rings. The summed E-state index contributed by atoms with van der Waals surface area (Å²) in [5.41, 5.74) is 8.04. The number of rotatable bonds is 2. The average Bonchev–Trinajstić information content (AvgIpc) is 2.58. The summed E-state index contributed by atoms with van der Waals surface area (Å²) in [6.07, 6.45) is 3.29. The van der Waals surface area contributed by atoms with Gasteiger partial charge in [-0.15, -0.1) is 0 Å². The van der Waals surface area contributed by atoms with Gasteiger partial charge in [-0.05, 0) is 31.2 Å². The summed E-state index contributed by atoms with van der Waals surface area (Å²) in [6, 6.07) is 7.31. The number of nitrogen functional groups attached to an aromatic ring is 1. The maximum atomic E-state index is 12.4. The highest BCUT2D eigenvalue weighted by Gasteiger charge is 2.22. The third kappa shape index (κ3) is 2.86. The first-order valence-corrected chi connectivity index (χ1v) is 7.32. The summed E-state index contributed by atoms with van der Waals surface area (Å²) in [4.78, 5) is 24.9. The zero-order chi connectivity index (χ0) is 15.5. The van der Waals surface area contributed by atoms with Crippen LogP contribution in [0.1, 0.15) is 16.1 Å². The quantitative estimate of drug-likeness (QED) is 0.905. The van der Waals surface area contributed by atoms with Gasteiger partial charge in [0.25, 0.3) is 5.91 Å². The maximum absolute atomic E-state index is 12.4. The zero-order valence-electron chi connectivity index (χ0n) is 12.6. The molecule has 2 aromatic heterocycles. The van der Waals surface area contributed by atoms with E-state index in [1.807, 2.05) is 24.0 Å². The van der Waals surface area contributed by atoms with E-state index in [0.29, 0.717) is 24.3 Å². The lowest BCUT2D eigenvalue weighted by Gasteiger charge is -2.35. The Labute approximate surface area is 129 Å². The molecule has 0 atom stereocenters. The molecule has 6 nitrogen and oxygen atoms in total. The van der Waals surface area contributed by atoms with Crippen LogP contribution in [0.3, 0.4) is 0 Å². The number of carbonyl (C=O) groups excluding carboxylic acids is 1. The van der Waals surface area contributed by atoms with Crippen LogP contribution in [0.25, 0.3) is 0 Å². The van der Waals surface area contributed by atoms with E-state index in [4.69, 9.17) is 5.73 Å². The van der Waals surface area contributed by atoms with Gasteiger partial charge in [-0.25, -0.2) is 4.98 Å². The summed E-state index contributed by atoms with van der Waals surface area (Å²) in [7, 11) is 0. The summed E-state index contributed by atoms with van der Waals surface area (Å²) in [5, 5.41) is 0. The molecule has 0 spiro atoms. The molecule has 3 rings (SSSR count). The lowest BCUT2D eigenvalue weighted by Crippen LogP contribution is -2.49. The molecule has 1 fully saturated rings. The minimum Gasteiger partial charge on any atom is -0.397 e. The average molecular weight is 297 g/mol. The maximum Gasteiger partial charge on any atom is 0.254 e. The Hall–Kier alpha value is -2.63. The second-order valence-electron chi connectivity index (χ2n) is 5.36. The fourth-order valence-electron chi connectivity index (χ4n) is 2.55. The van der Waals surface area contributed by atoms with Crippen molar-refractivity contribution in [1.82, 2.24) is 14.9 Å². The van der Waals surface area contributed by atoms with Crippen molar-refractivity contribution in [3.8, 4) is 0 Å². The fraction of sp³-hybridized carbons (Fsp3) is 0.312. The van der Waals surface area contributed by atoms with Crippen LogP contribution >= 0.6 is 0 Å². The molecule has 1 amide bonds. The van der Waals surface area contributed by atoms with Gasteiger partial charge in [0.05, 0.1) is 11.4 Å². The van der Waals surface area contributed by atoms with E-state index in [1.54, 1.807) is 24.5 Å². The van der Waals surface area contributed by atoms with Crippen LogP contribution in [0.2, 0.25) is 0 Å². The number of aryl methyl sites for hydroxylation is 1. The van der Waals surface area contributed by atoms with E-state index in [0.717, 1.165) is 24.6 Å². The lowest BCUT2D eigenvalue weighted by molar-refractivity contribution is 0.0746. The second kappa shape index (κ2) is 6.01. The van der Waals surface area contributed by atoms with Crippen LogP contribution in [0, 0.1) is 6.92 Å². The van der Waals surface area contributed by atoms with Crippen LogP contribution in [0.4, 0.5) is 11.5 Å². The van der Waals surface area contributed by atoms with E-state index in [9.17, 15) is 4.79 Å². The van der Waals surface area contributed by atoms with Crippen molar-refractivity contribution in [3.63, 3.8) is 0 Å². The second-order valence-corrected chi connectivity index (χ2v) is 5.36. The van der Waals surface area contributed by atoms with E-state index in [1.165, 1.54) is 0 Å². The van der Waals surface area contributed by atoms with Crippen LogP contribution in [-0.4, -0.2) is 47.0 Å². The van der Waals surface area contributed by atoms with E-state index >= 15 is 0 Å². The molecular formula is C16H19N5O. The Morgan fingerprint density at radius 1 is 1.09 bits per heavy atom. The molecule has 1 aliphatic heterocycles. The largest absolute Gasteiger partial charge is 0.397 e. The van der Waals surface area contributed by atoms with Gasteiger partial charge in [0.2, 0.25) is 0 Å². The van der Waals surface area contributed by atoms with Crippen molar-refractivity contribution in [2.45, 2.75) is 6.92 Å². The number of anilines is 2. The number of piperazine rings is 1. The van der Waals surface area contributed by atoms with Gasteiger partial charge in [-0.2, -0.15) is 0 Å². The number of hydrogen-bond acceptors (Lipinski definition) is 5. The molecule has 1 saturated heterocycles. The molecule has 6 heteroatoms. The van der Waals surface area contributed by atoms with Crippen LogP contribution < -0.4 is 10.6 Å². The van der Waals surface area contributed by atoms with Crippen LogP contribution in [0.15, 0.2) is 36.7 Å². The van der Waals surface area contributed by atoms with Gasteiger partial charge in [0.1, 0.15) is 5.82 Å². The highest BCUT2D eigenvalue weighted by Crippen LogP contribution is 2.18. The van der Waals surface area contributed by atoms with Crippen molar-refractivity contribution in [1.29, 1.82) is 0 Å². The Balaban J connectivity index is 1.65. The molecule has 0 saturated carbocycles. The number of nitrogens with zero attached hydrogens (tertiary/aromatic N) is 4. The molecule has 2 aromatic rings. The first-order valence-electron chi connectivity index (χ1n) is 7.32. The van der Waals surface area contributed by atoms with Crippen LogP contribution in [0.5, 0.6) is 0 Å². The number of aromatic nitrogens is 2. The molecule has 0 radical (unpaired) electrons. The van der Waals surface area contributed by atoms with Gasteiger partial charge in [0, 0.05) is 44.1 Å². The number of nitrogens with two attached hydrogens (primary N) is 1. The highest BCUT2D eigenvalue weighted by molar-refractivity contribution is 5.94. The molecular weight excluding hydrogens is 278 g/mol. The van der Waals surface area contributed by atoms with Gasteiger partial charge < -0.3 is 15.5 Å². The van der Waals surface area contributed by atoms with Crippen molar-refractivity contribution in [3.05, 3.63) is 47.9 Å². The molecule has 2 N–H and O–H groups in total. The molecule has 22 heavy (non-hydrogen) atoms. The molecule has 0 aromatic carbocycles. The minimum atomic E-state index is 0.0588. The van der Waals surface area contributed by atoms with Crippen LogP contribution in [-0.2, 0) is 0 Å². The summed E-state index contributed by atoms with van der Waals surface area (Å²) in [6.45, 7) is 4.82.